The quantitative estimate of drug-likeness (QED) is 0.601. The second-order valence-electron chi connectivity index (χ2n) is 2.78. The summed E-state index contributed by atoms with van der Waals surface area (Å²) in [6.07, 6.45) is 0. The van der Waals surface area contributed by atoms with Crippen LogP contribution in [0.25, 0.3) is 0 Å². The fourth-order valence-electron chi connectivity index (χ4n) is 1.08. The Morgan fingerprint density at radius 3 is 2.40 bits per heavy atom. The van der Waals surface area contributed by atoms with Gasteiger partial charge in [-0.05, 0) is 18.6 Å². The van der Waals surface area contributed by atoms with Crippen molar-refractivity contribution in [3.63, 3.8) is 0 Å². The summed E-state index contributed by atoms with van der Waals surface area (Å²) in [6, 6.07) is 1.12. The van der Waals surface area contributed by atoms with Crippen LogP contribution in [0.3, 0.4) is 0 Å². The highest BCUT2D eigenvalue weighted by Gasteiger charge is 2.22. The minimum Gasteiger partial charge on any atom is -0.465 e. The van der Waals surface area contributed by atoms with Gasteiger partial charge in [-0.3, -0.25) is 0 Å². The van der Waals surface area contributed by atoms with Crippen LogP contribution < -0.4 is 5.73 Å². The third-order valence-corrected chi connectivity index (χ3v) is 1.80. The highest BCUT2D eigenvalue weighted by atomic mass is 35.5. The number of nitrogen functional groups attached to an aromatic ring is 1. The van der Waals surface area contributed by atoms with Crippen molar-refractivity contribution in [1.82, 2.24) is 0 Å². The van der Waals surface area contributed by atoms with Gasteiger partial charge in [0.25, 0.3) is 0 Å². The summed E-state index contributed by atoms with van der Waals surface area (Å²) in [5.74, 6) is -3.10. The Balaban J connectivity index is 0.00000196. The minimum atomic E-state index is -1.08. The maximum absolute atomic E-state index is 13.3. The molecule has 2 N–H and O–H groups in total. The van der Waals surface area contributed by atoms with E-state index in [2.05, 4.69) is 4.74 Å². The molecule has 0 unspecified atom stereocenters. The molecule has 0 saturated heterocycles. The molecule has 0 bridgehead atoms. The van der Waals surface area contributed by atoms with Crippen molar-refractivity contribution >= 4 is 24.1 Å². The molecule has 1 rings (SSSR count). The normalized spacial score (nSPS) is 9.33. The number of hydrogen-bond acceptors (Lipinski definition) is 3. The van der Waals surface area contributed by atoms with E-state index in [0.29, 0.717) is 0 Å². The first-order valence-corrected chi connectivity index (χ1v) is 3.81. The maximum atomic E-state index is 13.3. The number of methoxy groups -OCH3 is 1. The number of anilines is 1. The van der Waals surface area contributed by atoms with E-state index >= 15 is 0 Å². The molecule has 1 aromatic rings. The van der Waals surface area contributed by atoms with Crippen LogP contribution in [-0.4, -0.2) is 13.1 Å². The zero-order chi connectivity index (χ0) is 10.9. The molecule has 0 aliphatic rings. The standard InChI is InChI=1S/C9H9F2NO2.ClH/c1-4-3-5(12)8(11)6(7(4)10)9(13)14-2;/h3H,12H2,1-2H3;1H. The number of hydrogen-bond donors (Lipinski definition) is 1. The Morgan fingerprint density at radius 2 is 1.93 bits per heavy atom. The molecule has 6 heteroatoms. The summed E-state index contributed by atoms with van der Waals surface area (Å²) in [4.78, 5) is 11.0. The van der Waals surface area contributed by atoms with Gasteiger partial charge >= 0.3 is 5.97 Å². The monoisotopic (exact) mass is 237 g/mol. The van der Waals surface area contributed by atoms with Gasteiger partial charge < -0.3 is 10.5 Å². The van der Waals surface area contributed by atoms with E-state index in [0.717, 1.165) is 13.2 Å². The van der Waals surface area contributed by atoms with Crippen LogP contribution in [0.15, 0.2) is 6.07 Å². The molecule has 1 aromatic carbocycles. The summed E-state index contributed by atoms with van der Waals surface area (Å²) in [6.45, 7) is 1.39. The van der Waals surface area contributed by atoms with Crippen molar-refractivity contribution in [2.45, 2.75) is 6.92 Å². The highest BCUT2D eigenvalue weighted by Crippen LogP contribution is 2.22. The first-order chi connectivity index (χ1) is 6.49. The van der Waals surface area contributed by atoms with Crippen LogP contribution in [0.4, 0.5) is 14.5 Å². The lowest BCUT2D eigenvalue weighted by molar-refractivity contribution is 0.0589. The SMILES string of the molecule is COC(=O)c1c(F)c(C)cc(N)c1F.Cl. The van der Waals surface area contributed by atoms with Crippen LogP contribution in [0, 0.1) is 18.6 Å². The fraction of sp³-hybridized carbons (Fsp3) is 0.222. The molecule has 0 fully saturated rings. The molecule has 15 heavy (non-hydrogen) atoms. The number of halogens is 3. The van der Waals surface area contributed by atoms with Gasteiger partial charge in [0.2, 0.25) is 0 Å². The molecule has 0 aliphatic heterocycles. The number of carbonyl (C=O) groups excluding carboxylic acids is 1. The summed E-state index contributed by atoms with van der Waals surface area (Å²) in [7, 11) is 1.04. The van der Waals surface area contributed by atoms with Crippen molar-refractivity contribution in [1.29, 1.82) is 0 Å². The van der Waals surface area contributed by atoms with E-state index in [1.165, 1.54) is 6.92 Å². The van der Waals surface area contributed by atoms with Gasteiger partial charge in [0.05, 0.1) is 12.8 Å². The van der Waals surface area contributed by atoms with E-state index in [4.69, 9.17) is 5.73 Å². The third kappa shape index (κ3) is 2.36. The largest absolute Gasteiger partial charge is 0.465 e. The molecule has 0 radical (unpaired) electrons. The molecule has 0 aliphatic carbocycles. The molecule has 0 spiro atoms. The first kappa shape index (κ1) is 13.6. The molecule has 0 amide bonds. The van der Waals surface area contributed by atoms with Crippen LogP contribution in [0.1, 0.15) is 15.9 Å². The maximum Gasteiger partial charge on any atom is 0.343 e. The van der Waals surface area contributed by atoms with Crippen LogP contribution in [0.5, 0.6) is 0 Å². The molecular formula is C9H10ClF2NO2. The predicted molar refractivity (Wildman–Crippen MR) is 54.1 cm³/mol. The van der Waals surface area contributed by atoms with Crippen molar-refractivity contribution in [2.24, 2.45) is 0 Å². The average Bonchev–Trinajstić information content (AvgIpc) is 2.15. The topological polar surface area (TPSA) is 52.3 Å². The van der Waals surface area contributed by atoms with Gasteiger partial charge in [-0.1, -0.05) is 0 Å². The smallest absolute Gasteiger partial charge is 0.343 e. The third-order valence-electron chi connectivity index (χ3n) is 1.80. The molecule has 0 atom stereocenters. The van der Waals surface area contributed by atoms with Crippen molar-refractivity contribution in [2.75, 3.05) is 12.8 Å². The number of nitrogens with two attached hydrogens (primary N) is 1. The number of rotatable bonds is 1. The average molecular weight is 238 g/mol. The highest BCUT2D eigenvalue weighted by molar-refractivity contribution is 5.91. The lowest BCUT2D eigenvalue weighted by Gasteiger charge is -2.07. The lowest BCUT2D eigenvalue weighted by atomic mass is 10.1. The van der Waals surface area contributed by atoms with Gasteiger partial charge in [0.1, 0.15) is 11.4 Å². The molecule has 0 heterocycles. The molecule has 0 aromatic heterocycles. The van der Waals surface area contributed by atoms with Crippen molar-refractivity contribution in [3.05, 3.63) is 28.8 Å². The number of benzene rings is 1. The van der Waals surface area contributed by atoms with E-state index in [-0.39, 0.29) is 23.7 Å². The minimum absolute atomic E-state index is 0. The second-order valence-corrected chi connectivity index (χ2v) is 2.78. The number of carbonyl (C=O) groups is 1. The second kappa shape index (κ2) is 4.93. The molecule has 3 nitrogen and oxygen atoms in total. The Morgan fingerprint density at radius 1 is 1.40 bits per heavy atom. The zero-order valence-electron chi connectivity index (χ0n) is 8.14. The number of ether oxygens (including phenoxy) is 1. The molecular weight excluding hydrogens is 228 g/mol. The van der Waals surface area contributed by atoms with Crippen LogP contribution >= 0.6 is 12.4 Å². The van der Waals surface area contributed by atoms with E-state index < -0.39 is 23.2 Å². The van der Waals surface area contributed by atoms with Gasteiger partial charge in [0, 0.05) is 0 Å². The summed E-state index contributed by atoms with van der Waals surface area (Å²) < 4.78 is 30.7. The first-order valence-electron chi connectivity index (χ1n) is 3.81. The van der Waals surface area contributed by atoms with Crippen molar-refractivity contribution in [3.8, 4) is 0 Å². The Kier molecular flexibility index (Phi) is 4.48. The van der Waals surface area contributed by atoms with Gasteiger partial charge in [-0.25, -0.2) is 13.6 Å². The van der Waals surface area contributed by atoms with E-state index in [9.17, 15) is 13.6 Å². The number of aryl methyl sites for hydroxylation is 1. The predicted octanol–water partition coefficient (Wildman–Crippen LogP) is 2.06. The summed E-state index contributed by atoms with van der Waals surface area (Å²) in [5, 5.41) is 0. The summed E-state index contributed by atoms with van der Waals surface area (Å²) in [5.41, 5.74) is 4.32. The number of esters is 1. The lowest BCUT2D eigenvalue weighted by Crippen LogP contribution is -2.11. The van der Waals surface area contributed by atoms with Crippen molar-refractivity contribution < 1.29 is 18.3 Å². The fourth-order valence-corrected chi connectivity index (χ4v) is 1.08. The van der Waals surface area contributed by atoms with Gasteiger partial charge in [-0.15, -0.1) is 12.4 Å². The Labute approximate surface area is 91.6 Å². The Hall–Kier alpha value is -1.36. The summed E-state index contributed by atoms with van der Waals surface area (Å²) >= 11 is 0. The molecule has 0 saturated carbocycles. The van der Waals surface area contributed by atoms with Gasteiger partial charge in [0.15, 0.2) is 5.82 Å². The zero-order valence-corrected chi connectivity index (χ0v) is 8.95. The Bertz CT molecular complexity index is 370. The van der Waals surface area contributed by atoms with E-state index in [1.807, 2.05) is 0 Å². The van der Waals surface area contributed by atoms with Gasteiger partial charge in [-0.2, -0.15) is 0 Å². The van der Waals surface area contributed by atoms with Crippen LogP contribution in [0.2, 0.25) is 0 Å². The van der Waals surface area contributed by atoms with E-state index in [1.54, 1.807) is 0 Å². The van der Waals surface area contributed by atoms with Crippen LogP contribution in [-0.2, 0) is 4.74 Å². The molecule has 84 valence electrons.